The molecule has 15 heavy (non-hydrogen) atoms. The van der Waals surface area contributed by atoms with Gasteiger partial charge in [0, 0.05) is 3.92 Å². The van der Waals surface area contributed by atoms with Crippen LogP contribution in [0.15, 0.2) is 0 Å². The lowest BCUT2D eigenvalue weighted by Crippen LogP contribution is -2.44. The fraction of sp³-hybridized carbons (Fsp3) is 0.800. The fourth-order valence-corrected chi connectivity index (χ4v) is 3.84. The Labute approximate surface area is 102 Å². The number of carbonyl (C=O) groups is 2. The lowest BCUT2D eigenvalue weighted by Gasteiger charge is -2.35. The molecule has 4 nitrogen and oxygen atoms in total. The minimum absolute atomic E-state index is 0.0131. The summed E-state index contributed by atoms with van der Waals surface area (Å²) in [5.74, 6) is -0.862. The van der Waals surface area contributed by atoms with Crippen LogP contribution in [0.5, 0.6) is 0 Å². The number of ether oxygens (including phenoxy) is 2. The van der Waals surface area contributed by atoms with Gasteiger partial charge >= 0.3 is 11.9 Å². The van der Waals surface area contributed by atoms with Crippen molar-refractivity contribution in [1.29, 1.82) is 0 Å². The van der Waals surface area contributed by atoms with E-state index in [9.17, 15) is 9.59 Å². The van der Waals surface area contributed by atoms with Crippen LogP contribution in [0.25, 0.3) is 0 Å². The number of carbonyl (C=O) groups excluding carboxylic acids is 2. The van der Waals surface area contributed by atoms with Crippen molar-refractivity contribution in [2.75, 3.05) is 7.11 Å². The van der Waals surface area contributed by atoms with Crippen molar-refractivity contribution in [1.82, 2.24) is 0 Å². The van der Waals surface area contributed by atoms with Crippen LogP contribution >= 0.6 is 22.6 Å². The molecule has 1 heterocycles. The molecule has 2 bridgehead atoms. The normalized spacial score (nSPS) is 43.7. The third-order valence-electron chi connectivity index (χ3n) is 3.46. The molecule has 84 valence electrons. The second-order valence-electron chi connectivity index (χ2n) is 4.39. The summed E-state index contributed by atoms with van der Waals surface area (Å²) in [6, 6.07) is 0. The lowest BCUT2D eigenvalue weighted by atomic mass is 9.68. The highest BCUT2D eigenvalue weighted by Crippen LogP contribution is 2.49. The lowest BCUT2D eigenvalue weighted by molar-refractivity contribution is -0.160. The van der Waals surface area contributed by atoms with E-state index >= 15 is 0 Å². The predicted molar refractivity (Wildman–Crippen MR) is 60.5 cm³/mol. The van der Waals surface area contributed by atoms with Gasteiger partial charge in [-0.25, -0.2) is 0 Å². The quantitative estimate of drug-likeness (QED) is 0.415. The summed E-state index contributed by atoms with van der Waals surface area (Å²) in [6.45, 7) is 1.80. The molecule has 5 heteroatoms. The number of rotatable bonds is 1. The highest BCUT2D eigenvalue weighted by Gasteiger charge is 2.58. The zero-order valence-electron chi connectivity index (χ0n) is 8.66. The molecule has 0 amide bonds. The van der Waals surface area contributed by atoms with E-state index in [-0.39, 0.29) is 27.9 Å². The Morgan fingerprint density at radius 3 is 2.93 bits per heavy atom. The van der Waals surface area contributed by atoms with Gasteiger partial charge in [0.1, 0.15) is 6.10 Å². The number of esters is 2. The van der Waals surface area contributed by atoms with E-state index in [2.05, 4.69) is 22.6 Å². The van der Waals surface area contributed by atoms with Gasteiger partial charge in [0.25, 0.3) is 0 Å². The van der Waals surface area contributed by atoms with Crippen LogP contribution in [-0.2, 0) is 19.1 Å². The summed E-state index contributed by atoms with van der Waals surface area (Å²) in [5, 5.41) is 0. The Kier molecular flexibility index (Phi) is 2.68. The Morgan fingerprint density at radius 1 is 1.67 bits per heavy atom. The van der Waals surface area contributed by atoms with Gasteiger partial charge in [-0.2, -0.15) is 0 Å². The second-order valence-corrected chi connectivity index (χ2v) is 5.99. The molecule has 0 spiro atoms. The highest BCUT2D eigenvalue weighted by molar-refractivity contribution is 14.1. The van der Waals surface area contributed by atoms with Crippen molar-refractivity contribution in [3.63, 3.8) is 0 Å². The Morgan fingerprint density at radius 2 is 2.33 bits per heavy atom. The number of hydrogen-bond acceptors (Lipinski definition) is 4. The third kappa shape index (κ3) is 1.55. The molecule has 0 aromatic rings. The Bertz CT molecular complexity index is 317. The SMILES string of the molecule is COC(=O)[C@@]1(C)C[C@H](I)[C@@H]2C[C@H]1C(=O)O2. The molecule has 1 aliphatic carbocycles. The molecule has 1 saturated heterocycles. The maximum atomic E-state index is 11.7. The summed E-state index contributed by atoms with van der Waals surface area (Å²) >= 11 is 2.25. The van der Waals surface area contributed by atoms with Crippen LogP contribution in [0.1, 0.15) is 19.8 Å². The summed E-state index contributed by atoms with van der Waals surface area (Å²) in [7, 11) is 1.36. The predicted octanol–water partition coefficient (Wildman–Crippen LogP) is 1.30. The van der Waals surface area contributed by atoms with Crippen LogP contribution in [0, 0.1) is 11.3 Å². The van der Waals surface area contributed by atoms with Gasteiger partial charge in [0.15, 0.2) is 0 Å². The summed E-state index contributed by atoms with van der Waals surface area (Å²) < 4.78 is 10.2. The van der Waals surface area contributed by atoms with E-state index in [0.29, 0.717) is 12.8 Å². The standard InChI is InChI=1S/C10H13IO4/c1-10(9(13)14-2)4-6(11)7-3-5(10)8(12)15-7/h5-7H,3-4H2,1-2H3/t5-,6-,7-,10-/m0/s1. The number of hydrogen-bond donors (Lipinski definition) is 0. The van der Waals surface area contributed by atoms with Crippen molar-refractivity contribution in [2.45, 2.75) is 29.8 Å². The number of halogens is 1. The summed E-state index contributed by atoms with van der Waals surface area (Å²) in [6.07, 6.45) is 1.29. The van der Waals surface area contributed by atoms with E-state index < -0.39 is 5.41 Å². The van der Waals surface area contributed by atoms with Gasteiger partial charge in [-0.05, 0) is 19.8 Å². The molecule has 1 saturated carbocycles. The topological polar surface area (TPSA) is 52.6 Å². The minimum atomic E-state index is -0.704. The summed E-state index contributed by atoms with van der Waals surface area (Å²) in [5.41, 5.74) is -0.704. The van der Waals surface area contributed by atoms with Gasteiger partial charge in [0.05, 0.1) is 18.4 Å². The van der Waals surface area contributed by atoms with Gasteiger partial charge in [-0.3, -0.25) is 9.59 Å². The van der Waals surface area contributed by atoms with Crippen molar-refractivity contribution in [3.05, 3.63) is 0 Å². The molecule has 2 fully saturated rings. The van der Waals surface area contributed by atoms with E-state index in [4.69, 9.17) is 9.47 Å². The molecule has 1 aliphatic heterocycles. The molecule has 2 rings (SSSR count). The van der Waals surface area contributed by atoms with Crippen LogP contribution in [0.4, 0.5) is 0 Å². The zero-order chi connectivity index (χ0) is 11.2. The number of alkyl halides is 1. The van der Waals surface area contributed by atoms with Crippen molar-refractivity contribution in [3.8, 4) is 0 Å². The molecule has 0 unspecified atom stereocenters. The minimum Gasteiger partial charge on any atom is -0.469 e. The van der Waals surface area contributed by atoms with Crippen LogP contribution < -0.4 is 0 Å². The maximum Gasteiger partial charge on any atom is 0.312 e. The van der Waals surface area contributed by atoms with E-state index in [1.165, 1.54) is 7.11 Å². The molecule has 0 radical (unpaired) electrons. The average Bonchev–Trinajstić information content (AvgIpc) is 2.55. The van der Waals surface area contributed by atoms with Gasteiger partial charge in [-0.1, -0.05) is 22.6 Å². The van der Waals surface area contributed by atoms with Crippen molar-refractivity contribution < 1.29 is 19.1 Å². The number of methoxy groups -OCH3 is 1. The summed E-state index contributed by atoms with van der Waals surface area (Å²) in [4.78, 5) is 23.3. The Hall–Kier alpha value is -0.330. The van der Waals surface area contributed by atoms with Crippen LogP contribution in [-0.4, -0.2) is 29.1 Å². The average molecular weight is 324 g/mol. The molecule has 2 aliphatic rings. The van der Waals surface area contributed by atoms with Crippen LogP contribution in [0.2, 0.25) is 0 Å². The second kappa shape index (κ2) is 3.61. The van der Waals surface area contributed by atoms with Gasteiger partial charge < -0.3 is 9.47 Å². The molecule has 0 aromatic carbocycles. The smallest absolute Gasteiger partial charge is 0.312 e. The first-order chi connectivity index (χ1) is 6.99. The molecular weight excluding hydrogens is 311 g/mol. The monoisotopic (exact) mass is 324 g/mol. The first-order valence-electron chi connectivity index (χ1n) is 4.92. The number of fused-ring (bicyclic) bond motifs is 2. The maximum absolute atomic E-state index is 11.7. The van der Waals surface area contributed by atoms with E-state index in [1.54, 1.807) is 6.92 Å². The first kappa shape index (κ1) is 11.2. The van der Waals surface area contributed by atoms with Crippen LogP contribution in [0.3, 0.4) is 0 Å². The van der Waals surface area contributed by atoms with Gasteiger partial charge in [0.2, 0.25) is 0 Å². The molecular formula is C10H13IO4. The molecule has 4 atom stereocenters. The zero-order valence-corrected chi connectivity index (χ0v) is 10.8. The van der Waals surface area contributed by atoms with Crippen molar-refractivity contribution >= 4 is 34.5 Å². The highest BCUT2D eigenvalue weighted by atomic mass is 127. The molecule has 0 aromatic heterocycles. The Balaban J connectivity index is 2.32. The van der Waals surface area contributed by atoms with E-state index in [1.807, 2.05) is 0 Å². The molecule has 0 N–H and O–H groups in total. The van der Waals surface area contributed by atoms with Crippen molar-refractivity contribution in [2.24, 2.45) is 11.3 Å². The fourth-order valence-electron chi connectivity index (χ4n) is 2.49. The largest absolute Gasteiger partial charge is 0.469 e. The first-order valence-corrected chi connectivity index (χ1v) is 6.16. The van der Waals surface area contributed by atoms with E-state index in [0.717, 1.165) is 0 Å². The van der Waals surface area contributed by atoms with Gasteiger partial charge in [-0.15, -0.1) is 0 Å². The third-order valence-corrected chi connectivity index (χ3v) is 4.71.